The zero-order valence-electron chi connectivity index (χ0n) is 17.7. The number of rotatable bonds is 8. The quantitative estimate of drug-likeness (QED) is 0.372. The van der Waals surface area contributed by atoms with Crippen LogP contribution in [0.25, 0.3) is 0 Å². The molecule has 1 saturated carbocycles. The predicted octanol–water partition coefficient (Wildman–Crippen LogP) is 4.86. The molecule has 0 radical (unpaired) electrons. The van der Waals surface area contributed by atoms with Crippen molar-refractivity contribution >= 4 is 39.8 Å². The highest BCUT2D eigenvalue weighted by molar-refractivity contribution is 7.99. The number of thioether (sulfide) groups is 1. The van der Waals surface area contributed by atoms with E-state index >= 15 is 0 Å². The van der Waals surface area contributed by atoms with Crippen LogP contribution in [0.1, 0.15) is 63.9 Å². The van der Waals surface area contributed by atoms with E-state index in [2.05, 4.69) is 15.5 Å². The highest BCUT2D eigenvalue weighted by Crippen LogP contribution is 2.41. The Morgan fingerprint density at radius 2 is 2.03 bits per heavy atom. The van der Waals surface area contributed by atoms with Gasteiger partial charge in [0.1, 0.15) is 10.8 Å². The zero-order chi connectivity index (χ0) is 22.1. The summed E-state index contributed by atoms with van der Waals surface area (Å²) >= 11 is 2.72. The number of ether oxygens (including phenoxy) is 1. The van der Waals surface area contributed by atoms with Gasteiger partial charge in [-0.2, -0.15) is 0 Å². The van der Waals surface area contributed by atoms with Crippen molar-refractivity contribution in [3.05, 3.63) is 51.7 Å². The van der Waals surface area contributed by atoms with Crippen molar-refractivity contribution in [1.29, 1.82) is 0 Å². The van der Waals surface area contributed by atoms with E-state index in [1.807, 2.05) is 12.1 Å². The smallest absolute Gasteiger partial charge is 0.277 e. The minimum absolute atomic E-state index is 0.115. The Kier molecular flexibility index (Phi) is 6.01. The first-order valence-electron chi connectivity index (χ1n) is 10.7. The molecule has 2 aliphatic carbocycles. The summed E-state index contributed by atoms with van der Waals surface area (Å²) in [6.45, 7) is 0. The molecule has 2 aromatic heterocycles. The average molecular weight is 470 g/mol. The lowest BCUT2D eigenvalue weighted by Gasteiger charge is -2.14. The van der Waals surface area contributed by atoms with Crippen LogP contribution >= 0.6 is 23.1 Å². The fourth-order valence-electron chi connectivity index (χ4n) is 3.93. The van der Waals surface area contributed by atoms with Crippen LogP contribution in [-0.4, -0.2) is 34.8 Å². The Labute approximate surface area is 194 Å². The summed E-state index contributed by atoms with van der Waals surface area (Å²) in [5.74, 6) is 1.39. The van der Waals surface area contributed by atoms with E-state index in [0.29, 0.717) is 38.9 Å². The summed E-state index contributed by atoms with van der Waals surface area (Å²) in [5.41, 5.74) is 2.16. The van der Waals surface area contributed by atoms with Gasteiger partial charge in [0.25, 0.3) is 5.22 Å². The number of carbonyl (C=O) groups excluding carboxylic acids is 2. The summed E-state index contributed by atoms with van der Waals surface area (Å²) in [4.78, 5) is 27.5. The topological polar surface area (TPSA) is 94.3 Å². The second-order valence-corrected chi connectivity index (χ2v) is 9.99. The van der Waals surface area contributed by atoms with Crippen molar-refractivity contribution in [2.45, 2.75) is 49.7 Å². The van der Waals surface area contributed by atoms with Gasteiger partial charge in [-0.3, -0.25) is 9.59 Å². The summed E-state index contributed by atoms with van der Waals surface area (Å²) in [6.07, 6.45) is 6.08. The van der Waals surface area contributed by atoms with Gasteiger partial charge in [0, 0.05) is 10.8 Å². The maximum atomic E-state index is 13.6. The molecule has 2 heterocycles. The summed E-state index contributed by atoms with van der Waals surface area (Å²) in [7, 11) is 1.56. The van der Waals surface area contributed by atoms with Crippen molar-refractivity contribution in [3.8, 4) is 5.75 Å². The first kappa shape index (κ1) is 21.2. The van der Waals surface area contributed by atoms with Gasteiger partial charge >= 0.3 is 0 Å². The highest BCUT2D eigenvalue weighted by atomic mass is 32.2. The van der Waals surface area contributed by atoms with Gasteiger partial charge in [-0.25, -0.2) is 0 Å². The van der Waals surface area contributed by atoms with Gasteiger partial charge < -0.3 is 14.5 Å². The molecule has 0 spiro atoms. The number of thiophene rings is 1. The van der Waals surface area contributed by atoms with Crippen LogP contribution in [0.4, 0.5) is 5.00 Å². The van der Waals surface area contributed by atoms with Crippen molar-refractivity contribution in [3.63, 3.8) is 0 Å². The summed E-state index contributed by atoms with van der Waals surface area (Å²) in [5, 5.41) is 12.1. The van der Waals surface area contributed by atoms with Crippen LogP contribution in [0, 0.1) is 0 Å². The van der Waals surface area contributed by atoms with Crippen molar-refractivity contribution in [2.75, 3.05) is 18.2 Å². The summed E-state index contributed by atoms with van der Waals surface area (Å²) in [6, 6.07) is 7.21. The standard InChI is InChI=1S/C23H23N3O4S2/c1-29-16-8-4-2-6-14(16)20(28)19-15-7-3-5-9-17(15)32-22(19)24-18(27)12-31-23-26-25-21(30-23)13-10-11-13/h2,4,6,8,13H,3,5,7,9-12H2,1H3,(H,24,27). The van der Waals surface area contributed by atoms with Crippen molar-refractivity contribution in [1.82, 2.24) is 10.2 Å². The lowest BCUT2D eigenvalue weighted by atomic mass is 9.91. The van der Waals surface area contributed by atoms with E-state index in [1.165, 1.54) is 28.0 Å². The number of aromatic nitrogens is 2. The van der Waals surface area contributed by atoms with Crippen LogP contribution in [-0.2, 0) is 17.6 Å². The predicted molar refractivity (Wildman–Crippen MR) is 123 cm³/mol. The number of benzene rings is 1. The molecule has 0 bridgehead atoms. The number of ketones is 1. The third kappa shape index (κ3) is 4.31. The van der Waals surface area contributed by atoms with Crippen LogP contribution in [0.3, 0.4) is 0 Å². The molecule has 0 unspecified atom stereocenters. The van der Waals surface area contributed by atoms with Gasteiger partial charge in [-0.15, -0.1) is 21.5 Å². The third-order valence-corrected chi connectivity index (χ3v) is 7.70. The normalized spacial score (nSPS) is 15.3. The number of aryl methyl sites for hydroxylation is 1. The number of methoxy groups -OCH3 is 1. The zero-order valence-corrected chi connectivity index (χ0v) is 19.3. The largest absolute Gasteiger partial charge is 0.496 e. The van der Waals surface area contributed by atoms with E-state index in [1.54, 1.807) is 19.2 Å². The molecule has 7 nitrogen and oxygen atoms in total. The number of hydrogen-bond donors (Lipinski definition) is 1. The lowest BCUT2D eigenvalue weighted by Crippen LogP contribution is -2.16. The molecular weight excluding hydrogens is 446 g/mol. The number of hydrogen-bond acceptors (Lipinski definition) is 8. The SMILES string of the molecule is COc1ccccc1C(=O)c1c(NC(=O)CSc2nnc(C3CC3)o2)sc2c1CCCC2. The molecule has 0 aliphatic heterocycles. The third-order valence-electron chi connectivity index (χ3n) is 5.68. The molecule has 1 aromatic carbocycles. The van der Waals surface area contributed by atoms with Crippen LogP contribution in [0.5, 0.6) is 5.75 Å². The van der Waals surface area contributed by atoms with Gasteiger partial charge in [-0.1, -0.05) is 23.9 Å². The minimum atomic E-state index is -0.200. The van der Waals surface area contributed by atoms with Gasteiger partial charge in [0.05, 0.1) is 24.0 Å². The Hall–Kier alpha value is -2.65. The minimum Gasteiger partial charge on any atom is -0.496 e. The van der Waals surface area contributed by atoms with E-state index in [-0.39, 0.29) is 17.4 Å². The van der Waals surface area contributed by atoms with Crippen molar-refractivity contribution < 1.29 is 18.7 Å². The number of carbonyl (C=O) groups is 2. The first-order chi connectivity index (χ1) is 15.6. The van der Waals surface area contributed by atoms with Gasteiger partial charge in [0.2, 0.25) is 11.8 Å². The molecular formula is C23H23N3O4S2. The maximum Gasteiger partial charge on any atom is 0.277 e. The molecule has 2 aliphatic rings. The number of anilines is 1. The molecule has 3 aromatic rings. The lowest BCUT2D eigenvalue weighted by molar-refractivity contribution is -0.113. The fourth-order valence-corrected chi connectivity index (χ4v) is 5.80. The van der Waals surface area contributed by atoms with Gasteiger partial charge in [-0.05, 0) is 56.2 Å². The Morgan fingerprint density at radius 1 is 1.22 bits per heavy atom. The molecule has 0 atom stereocenters. The van der Waals surface area contributed by atoms with Crippen molar-refractivity contribution in [2.24, 2.45) is 0 Å². The molecule has 0 saturated heterocycles. The highest BCUT2D eigenvalue weighted by Gasteiger charge is 2.30. The molecule has 32 heavy (non-hydrogen) atoms. The van der Waals surface area contributed by atoms with Crippen LogP contribution in [0.15, 0.2) is 33.9 Å². The van der Waals surface area contributed by atoms with Crippen LogP contribution < -0.4 is 10.1 Å². The molecule has 1 amide bonds. The Balaban J connectivity index is 1.36. The molecule has 1 N–H and O–H groups in total. The Bertz CT molecular complexity index is 1170. The number of nitrogens with one attached hydrogen (secondary N) is 1. The number of fused-ring (bicyclic) bond motifs is 1. The first-order valence-corrected chi connectivity index (χ1v) is 12.5. The van der Waals surface area contributed by atoms with E-state index in [4.69, 9.17) is 9.15 Å². The second-order valence-electron chi connectivity index (χ2n) is 7.96. The summed E-state index contributed by atoms with van der Waals surface area (Å²) < 4.78 is 11.0. The number of para-hydroxylation sites is 1. The fraction of sp³-hybridized carbons (Fsp3) is 0.391. The maximum absolute atomic E-state index is 13.6. The molecule has 9 heteroatoms. The van der Waals surface area contributed by atoms with E-state index in [9.17, 15) is 9.59 Å². The number of nitrogens with zero attached hydrogens (tertiary/aromatic N) is 2. The molecule has 5 rings (SSSR count). The van der Waals surface area contributed by atoms with Crippen LogP contribution in [0.2, 0.25) is 0 Å². The number of amides is 1. The monoisotopic (exact) mass is 469 g/mol. The molecule has 1 fully saturated rings. The Morgan fingerprint density at radius 3 is 2.84 bits per heavy atom. The average Bonchev–Trinajstić information content (AvgIpc) is 3.45. The van der Waals surface area contributed by atoms with Gasteiger partial charge in [0.15, 0.2) is 5.78 Å². The van der Waals surface area contributed by atoms with E-state index in [0.717, 1.165) is 44.1 Å². The second kappa shape index (κ2) is 9.07. The van der Waals surface area contributed by atoms with E-state index < -0.39 is 0 Å². The molecule has 166 valence electrons.